The number of aliphatic hydroxyl groups is 1. The van der Waals surface area contributed by atoms with Crippen LogP contribution in [0.25, 0.3) is 5.69 Å². The van der Waals surface area contributed by atoms with Crippen molar-refractivity contribution in [3.8, 4) is 17.3 Å². The summed E-state index contributed by atoms with van der Waals surface area (Å²) in [4.78, 5) is 2.16. The van der Waals surface area contributed by atoms with Crippen LogP contribution in [0.2, 0.25) is 0 Å². The highest BCUT2D eigenvalue weighted by Gasteiger charge is 2.26. The van der Waals surface area contributed by atoms with E-state index in [4.69, 9.17) is 19.3 Å². The molecule has 1 aliphatic rings. The van der Waals surface area contributed by atoms with E-state index in [9.17, 15) is 9.50 Å². The minimum atomic E-state index is -0.631. The number of hydrogen-bond acceptors (Lipinski definition) is 6. The molecule has 2 heterocycles. The molecule has 0 saturated carbocycles. The predicted molar refractivity (Wildman–Crippen MR) is 132 cm³/mol. The van der Waals surface area contributed by atoms with E-state index >= 15 is 0 Å². The lowest BCUT2D eigenvalue weighted by Crippen LogP contribution is -2.39. The van der Waals surface area contributed by atoms with Crippen LogP contribution in [0.1, 0.15) is 31.0 Å². The number of ether oxygens (including phenoxy) is 3. The molecule has 4 rings (SSSR count). The molecular formula is C27H34FN3O4. The molecule has 0 aliphatic carbocycles. The van der Waals surface area contributed by atoms with Gasteiger partial charge in [-0.3, -0.25) is 4.90 Å². The fourth-order valence-electron chi connectivity index (χ4n) is 4.32. The third-order valence-corrected chi connectivity index (χ3v) is 6.00. The molecule has 1 fully saturated rings. The normalized spacial score (nSPS) is 16.7. The first-order chi connectivity index (χ1) is 17.0. The van der Waals surface area contributed by atoms with E-state index in [2.05, 4.69) is 4.90 Å². The second-order valence-electron chi connectivity index (χ2n) is 8.82. The second kappa shape index (κ2) is 12.3. The third-order valence-electron chi connectivity index (χ3n) is 6.00. The van der Waals surface area contributed by atoms with Crippen molar-refractivity contribution >= 4 is 0 Å². The molecule has 2 unspecified atom stereocenters. The molecule has 1 aliphatic heterocycles. The van der Waals surface area contributed by atoms with Crippen LogP contribution in [0.15, 0.2) is 54.6 Å². The molecule has 7 nitrogen and oxygen atoms in total. The molecule has 0 radical (unpaired) electrons. The average Bonchev–Trinajstić information content (AvgIpc) is 3.47. The van der Waals surface area contributed by atoms with Crippen molar-refractivity contribution in [2.24, 2.45) is 0 Å². The van der Waals surface area contributed by atoms with Gasteiger partial charge in [0.1, 0.15) is 11.6 Å². The zero-order chi connectivity index (χ0) is 24.6. The van der Waals surface area contributed by atoms with Crippen molar-refractivity contribution in [2.45, 2.75) is 45.4 Å². The number of nitrogens with zero attached hydrogens (tertiary/aromatic N) is 3. The van der Waals surface area contributed by atoms with Gasteiger partial charge in [0.05, 0.1) is 35.8 Å². The summed E-state index contributed by atoms with van der Waals surface area (Å²) in [5.41, 5.74) is 2.52. The number of aromatic nitrogens is 2. The van der Waals surface area contributed by atoms with Gasteiger partial charge in [0.2, 0.25) is 5.88 Å². The number of aryl methyl sites for hydroxylation is 1. The Morgan fingerprint density at radius 2 is 2.06 bits per heavy atom. The molecule has 0 amide bonds. The van der Waals surface area contributed by atoms with Crippen LogP contribution >= 0.6 is 0 Å². The molecule has 1 N–H and O–H groups in total. The SMILES string of the molecule is CCOCC(O)CN(Cc1c(C)nn(-c2ccccc2)c1Oc1cccc(F)c1)CC1CCCO1. The molecule has 3 aromatic rings. The van der Waals surface area contributed by atoms with Gasteiger partial charge >= 0.3 is 0 Å². The minimum absolute atomic E-state index is 0.117. The van der Waals surface area contributed by atoms with Gasteiger partial charge < -0.3 is 19.3 Å². The van der Waals surface area contributed by atoms with Crippen LogP contribution in [0, 0.1) is 12.7 Å². The van der Waals surface area contributed by atoms with E-state index < -0.39 is 6.10 Å². The van der Waals surface area contributed by atoms with E-state index in [1.807, 2.05) is 44.2 Å². The van der Waals surface area contributed by atoms with Crippen molar-refractivity contribution < 1.29 is 23.7 Å². The summed E-state index contributed by atoms with van der Waals surface area (Å²) in [6.45, 7) is 7.03. The molecule has 1 saturated heterocycles. The molecule has 35 heavy (non-hydrogen) atoms. The van der Waals surface area contributed by atoms with E-state index in [1.165, 1.54) is 12.1 Å². The van der Waals surface area contributed by atoms with Gasteiger partial charge in [-0.05, 0) is 51.0 Å². The summed E-state index contributed by atoms with van der Waals surface area (Å²) in [5, 5.41) is 15.4. The molecule has 188 valence electrons. The van der Waals surface area contributed by atoms with Crippen molar-refractivity contribution in [3.63, 3.8) is 0 Å². The van der Waals surface area contributed by atoms with E-state index in [-0.39, 0.29) is 18.5 Å². The van der Waals surface area contributed by atoms with E-state index in [0.29, 0.717) is 37.9 Å². The summed E-state index contributed by atoms with van der Waals surface area (Å²) in [7, 11) is 0. The van der Waals surface area contributed by atoms with Crippen LogP contribution in [0.3, 0.4) is 0 Å². The molecule has 0 spiro atoms. The fraction of sp³-hybridized carbons (Fsp3) is 0.444. The fourth-order valence-corrected chi connectivity index (χ4v) is 4.32. The van der Waals surface area contributed by atoms with Gasteiger partial charge in [-0.2, -0.15) is 5.10 Å². The lowest BCUT2D eigenvalue weighted by atomic mass is 10.1. The lowest BCUT2D eigenvalue weighted by molar-refractivity contribution is 0.00498. The molecule has 8 heteroatoms. The molecule has 0 bridgehead atoms. The lowest BCUT2D eigenvalue weighted by Gasteiger charge is -2.27. The van der Waals surface area contributed by atoms with Gasteiger partial charge in [-0.25, -0.2) is 9.07 Å². The van der Waals surface area contributed by atoms with Gasteiger partial charge in [0.15, 0.2) is 0 Å². The largest absolute Gasteiger partial charge is 0.438 e. The standard InChI is InChI=1S/C27H34FN3O4/c1-3-33-19-23(32)16-30(17-25-13-8-14-34-25)18-26-20(2)29-31(22-10-5-4-6-11-22)27(26)35-24-12-7-9-21(28)15-24/h4-7,9-12,15,23,25,32H,3,8,13-14,16-19H2,1-2H3. The van der Waals surface area contributed by atoms with Crippen molar-refractivity contribution in [3.05, 3.63) is 71.7 Å². The van der Waals surface area contributed by atoms with E-state index in [0.717, 1.165) is 36.4 Å². The van der Waals surface area contributed by atoms with Gasteiger partial charge in [0, 0.05) is 38.9 Å². The van der Waals surface area contributed by atoms with Crippen LogP contribution in [0.5, 0.6) is 11.6 Å². The zero-order valence-electron chi connectivity index (χ0n) is 20.4. The van der Waals surface area contributed by atoms with Crippen molar-refractivity contribution in [1.29, 1.82) is 0 Å². The maximum atomic E-state index is 13.9. The molecule has 1 aromatic heterocycles. The quantitative estimate of drug-likeness (QED) is 0.409. The highest BCUT2D eigenvalue weighted by atomic mass is 19.1. The Morgan fingerprint density at radius 1 is 1.23 bits per heavy atom. The van der Waals surface area contributed by atoms with Crippen LogP contribution in [-0.4, -0.2) is 64.9 Å². The minimum Gasteiger partial charge on any atom is -0.438 e. The Labute approximate surface area is 206 Å². The average molecular weight is 484 g/mol. The van der Waals surface area contributed by atoms with Crippen LogP contribution in [0.4, 0.5) is 4.39 Å². The van der Waals surface area contributed by atoms with Crippen LogP contribution < -0.4 is 4.74 Å². The maximum absolute atomic E-state index is 13.9. The summed E-state index contributed by atoms with van der Waals surface area (Å²) >= 11 is 0. The monoisotopic (exact) mass is 483 g/mol. The number of hydrogen-bond donors (Lipinski definition) is 1. The Bertz CT molecular complexity index is 1070. The second-order valence-corrected chi connectivity index (χ2v) is 8.82. The van der Waals surface area contributed by atoms with Crippen molar-refractivity contribution in [2.75, 3.05) is 32.9 Å². The number of aliphatic hydroxyl groups excluding tert-OH is 1. The predicted octanol–water partition coefficient (Wildman–Crippen LogP) is 4.49. The smallest absolute Gasteiger partial charge is 0.227 e. The van der Waals surface area contributed by atoms with Crippen LogP contribution in [-0.2, 0) is 16.0 Å². The number of benzene rings is 2. The molecular weight excluding hydrogens is 449 g/mol. The topological polar surface area (TPSA) is 69.0 Å². The Balaban J connectivity index is 1.66. The number of halogens is 1. The summed E-state index contributed by atoms with van der Waals surface area (Å²) in [6.07, 6.45) is 1.52. The number of rotatable bonds is 12. The Kier molecular flexibility index (Phi) is 8.87. The van der Waals surface area contributed by atoms with Gasteiger partial charge in [-0.15, -0.1) is 0 Å². The Hall–Kier alpha value is -2.78. The molecule has 2 atom stereocenters. The third kappa shape index (κ3) is 6.89. The zero-order valence-corrected chi connectivity index (χ0v) is 20.4. The highest BCUT2D eigenvalue weighted by molar-refractivity contribution is 5.43. The first kappa shape index (κ1) is 25.3. The first-order valence-corrected chi connectivity index (χ1v) is 12.2. The first-order valence-electron chi connectivity index (χ1n) is 12.2. The molecule has 2 aromatic carbocycles. The van der Waals surface area contributed by atoms with Gasteiger partial charge in [-0.1, -0.05) is 24.3 Å². The number of para-hydroxylation sites is 1. The summed E-state index contributed by atoms with van der Waals surface area (Å²) < 4.78 is 33.2. The maximum Gasteiger partial charge on any atom is 0.227 e. The summed E-state index contributed by atoms with van der Waals surface area (Å²) in [5.74, 6) is 0.548. The van der Waals surface area contributed by atoms with Crippen molar-refractivity contribution in [1.82, 2.24) is 14.7 Å². The Morgan fingerprint density at radius 3 is 2.77 bits per heavy atom. The summed E-state index contributed by atoms with van der Waals surface area (Å²) in [6, 6.07) is 15.8. The van der Waals surface area contributed by atoms with E-state index in [1.54, 1.807) is 16.8 Å². The highest BCUT2D eigenvalue weighted by Crippen LogP contribution is 2.32. The van der Waals surface area contributed by atoms with Gasteiger partial charge in [0.25, 0.3) is 0 Å².